The van der Waals surface area contributed by atoms with E-state index in [4.69, 9.17) is 4.74 Å². The topological polar surface area (TPSA) is 91.0 Å². The maximum absolute atomic E-state index is 12.9. The van der Waals surface area contributed by atoms with Gasteiger partial charge in [0.25, 0.3) is 5.91 Å². The van der Waals surface area contributed by atoms with Crippen LogP contribution >= 0.6 is 0 Å². The molecule has 0 unspecified atom stereocenters. The standard InChI is InChI=1S/C18H21N7O2/c1-3-25-16(4-6-21-25)18(26)24-9-5-15-13(11-24)14(22-23(15)2)12-27-17-10-19-7-8-20-17/h4,6-8,10H,3,5,9,11-12H2,1-2H3. The van der Waals surface area contributed by atoms with E-state index in [1.54, 1.807) is 35.5 Å². The first-order valence-corrected chi connectivity index (χ1v) is 8.91. The Hall–Kier alpha value is -3.23. The van der Waals surface area contributed by atoms with E-state index in [-0.39, 0.29) is 12.5 Å². The number of fused-ring (bicyclic) bond motifs is 1. The zero-order chi connectivity index (χ0) is 18.8. The summed E-state index contributed by atoms with van der Waals surface area (Å²) in [6, 6.07) is 1.77. The lowest BCUT2D eigenvalue weighted by Crippen LogP contribution is -2.37. The molecule has 4 heterocycles. The second-order valence-corrected chi connectivity index (χ2v) is 6.34. The molecular weight excluding hydrogens is 346 g/mol. The van der Waals surface area contributed by atoms with Crippen molar-refractivity contribution in [2.45, 2.75) is 33.0 Å². The SMILES string of the molecule is CCn1nccc1C(=O)N1CCc2c(c(COc3cnccn3)nn2C)C1. The number of carbonyl (C=O) groups is 1. The molecule has 0 fully saturated rings. The zero-order valence-electron chi connectivity index (χ0n) is 15.4. The van der Waals surface area contributed by atoms with Crippen molar-refractivity contribution in [3.8, 4) is 5.88 Å². The maximum Gasteiger partial charge on any atom is 0.272 e. The summed E-state index contributed by atoms with van der Waals surface area (Å²) in [7, 11) is 1.92. The van der Waals surface area contributed by atoms with Gasteiger partial charge in [-0.15, -0.1) is 0 Å². The number of rotatable bonds is 5. The molecule has 0 saturated heterocycles. The third-order valence-corrected chi connectivity index (χ3v) is 4.74. The van der Waals surface area contributed by atoms with Gasteiger partial charge in [-0.1, -0.05) is 0 Å². The molecule has 0 aromatic carbocycles. The first-order valence-electron chi connectivity index (χ1n) is 8.91. The molecule has 9 heteroatoms. The van der Waals surface area contributed by atoms with E-state index >= 15 is 0 Å². The van der Waals surface area contributed by atoms with Crippen molar-refractivity contribution in [1.82, 2.24) is 34.4 Å². The Morgan fingerprint density at radius 1 is 1.30 bits per heavy atom. The average molecular weight is 367 g/mol. The molecule has 27 heavy (non-hydrogen) atoms. The molecule has 3 aromatic rings. The second-order valence-electron chi connectivity index (χ2n) is 6.34. The summed E-state index contributed by atoms with van der Waals surface area (Å²) >= 11 is 0. The number of aryl methyl sites for hydroxylation is 2. The van der Waals surface area contributed by atoms with E-state index in [9.17, 15) is 4.79 Å². The monoisotopic (exact) mass is 367 g/mol. The van der Waals surface area contributed by atoms with Crippen molar-refractivity contribution in [2.75, 3.05) is 6.54 Å². The van der Waals surface area contributed by atoms with Crippen LogP contribution in [0.25, 0.3) is 0 Å². The van der Waals surface area contributed by atoms with E-state index in [2.05, 4.69) is 20.2 Å². The normalized spacial score (nSPS) is 13.5. The van der Waals surface area contributed by atoms with E-state index in [1.165, 1.54) is 0 Å². The van der Waals surface area contributed by atoms with Gasteiger partial charge in [0, 0.05) is 63.0 Å². The van der Waals surface area contributed by atoms with Gasteiger partial charge >= 0.3 is 0 Å². The largest absolute Gasteiger partial charge is 0.470 e. The molecule has 1 aliphatic heterocycles. The third kappa shape index (κ3) is 3.27. The van der Waals surface area contributed by atoms with Crippen molar-refractivity contribution in [3.63, 3.8) is 0 Å². The van der Waals surface area contributed by atoms with Crippen molar-refractivity contribution >= 4 is 5.91 Å². The van der Waals surface area contributed by atoms with Crippen molar-refractivity contribution in [1.29, 1.82) is 0 Å². The van der Waals surface area contributed by atoms with Gasteiger partial charge < -0.3 is 9.64 Å². The molecule has 0 spiro atoms. The summed E-state index contributed by atoms with van der Waals surface area (Å²) in [6.07, 6.45) is 7.17. The summed E-state index contributed by atoms with van der Waals surface area (Å²) < 4.78 is 9.31. The predicted octanol–water partition coefficient (Wildman–Crippen LogP) is 1.20. The summed E-state index contributed by atoms with van der Waals surface area (Å²) in [4.78, 5) is 22.9. The maximum atomic E-state index is 12.9. The van der Waals surface area contributed by atoms with Crippen LogP contribution < -0.4 is 4.74 Å². The van der Waals surface area contributed by atoms with E-state index < -0.39 is 0 Å². The smallest absolute Gasteiger partial charge is 0.272 e. The number of aromatic nitrogens is 6. The van der Waals surface area contributed by atoms with Crippen molar-refractivity contribution < 1.29 is 9.53 Å². The predicted molar refractivity (Wildman–Crippen MR) is 95.9 cm³/mol. The van der Waals surface area contributed by atoms with Gasteiger partial charge in [0.05, 0.1) is 6.20 Å². The van der Waals surface area contributed by atoms with Crippen LogP contribution in [0.15, 0.2) is 30.9 Å². The fourth-order valence-electron chi connectivity index (χ4n) is 3.39. The van der Waals surface area contributed by atoms with Crippen molar-refractivity contribution in [3.05, 3.63) is 53.5 Å². The highest BCUT2D eigenvalue weighted by atomic mass is 16.5. The number of hydrogen-bond donors (Lipinski definition) is 0. The van der Waals surface area contributed by atoms with Gasteiger partial charge in [0.1, 0.15) is 18.0 Å². The van der Waals surface area contributed by atoms with Crippen LogP contribution in [0.1, 0.15) is 34.4 Å². The Bertz CT molecular complexity index is 948. The Kier molecular flexibility index (Phi) is 4.57. The third-order valence-electron chi connectivity index (χ3n) is 4.74. The van der Waals surface area contributed by atoms with E-state index in [0.29, 0.717) is 31.2 Å². The second kappa shape index (κ2) is 7.18. The number of nitrogens with zero attached hydrogens (tertiary/aromatic N) is 7. The lowest BCUT2D eigenvalue weighted by Gasteiger charge is -2.27. The lowest BCUT2D eigenvalue weighted by atomic mass is 10.0. The molecule has 0 atom stereocenters. The highest BCUT2D eigenvalue weighted by molar-refractivity contribution is 5.92. The average Bonchev–Trinajstić information content (AvgIpc) is 3.31. The van der Waals surface area contributed by atoms with Gasteiger partial charge in [0.2, 0.25) is 5.88 Å². The molecule has 0 radical (unpaired) electrons. The highest BCUT2D eigenvalue weighted by Crippen LogP contribution is 2.24. The molecule has 0 saturated carbocycles. The first-order chi connectivity index (χ1) is 13.2. The van der Waals surface area contributed by atoms with Crippen LogP contribution in [0.3, 0.4) is 0 Å². The molecule has 3 aromatic heterocycles. The minimum Gasteiger partial charge on any atom is -0.470 e. The fourth-order valence-corrected chi connectivity index (χ4v) is 3.39. The number of carbonyl (C=O) groups excluding carboxylic acids is 1. The zero-order valence-corrected chi connectivity index (χ0v) is 15.4. The van der Waals surface area contributed by atoms with Gasteiger partial charge in [-0.05, 0) is 13.0 Å². The Labute approximate surface area is 156 Å². The Balaban J connectivity index is 1.54. The Morgan fingerprint density at radius 2 is 2.19 bits per heavy atom. The van der Waals surface area contributed by atoms with Crippen LogP contribution in [0.4, 0.5) is 0 Å². The van der Waals surface area contributed by atoms with Crippen LogP contribution in [-0.4, -0.2) is 46.9 Å². The fraction of sp³-hybridized carbons (Fsp3) is 0.389. The minimum atomic E-state index is -0.00959. The van der Waals surface area contributed by atoms with Gasteiger partial charge in [-0.3, -0.25) is 19.1 Å². The van der Waals surface area contributed by atoms with Crippen LogP contribution in [-0.2, 0) is 33.2 Å². The molecule has 1 aliphatic rings. The first kappa shape index (κ1) is 17.2. The van der Waals surface area contributed by atoms with Crippen LogP contribution in [0.5, 0.6) is 5.88 Å². The molecule has 140 valence electrons. The quantitative estimate of drug-likeness (QED) is 0.673. The summed E-state index contributed by atoms with van der Waals surface area (Å²) in [5, 5.41) is 8.78. The molecule has 4 rings (SSSR count). The summed E-state index contributed by atoms with van der Waals surface area (Å²) in [6.45, 7) is 4.09. The van der Waals surface area contributed by atoms with Gasteiger partial charge in [-0.2, -0.15) is 10.2 Å². The molecule has 0 bridgehead atoms. The minimum absolute atomic E-state index is 0.00959. The molecular formula is C18H21N7O2. The van der Waals surface area contributed by atoms with Gasteiger partial charge in [-0.25, -0.2) is 4.98 Å². The number of ether oxygens (including phenoxy) is 1. The Morgan fingerprint density at radius 3 is 2.96 bits per heavy atom. The van der Waals surface area contributed by atoms with Crippen molar-refractivity contribution in [2.24, 2.45) is 7.05 Å². The van der Waals surface area contributed by atoms with E-state index in [1.807, 2.05) is 23.6 Å². The van der Waals surface area contributed by atoms with E-state index in [0.717, 1.165) is 23.4 Å². The number of amides is 1. The lowest BCUT2D eigenvalue weighted by molar-refractivity contribution is 0.0719. The summed E-state index contributed by atoms with van der Waals surface area (Å²) in [5.74, 6) is 0.442. The number of hydrogen-bond acceptors (Lipinski definition) is 6. The van der Waals surface area contributed by atoms with Crippen LogP contribution in [0, 0.1) is 0 Å². The van der Waals surface area contributed by atoms with Crippen LogP contribution in [0.2, 0.25) is 0 Å². The highest BCUT2D eigenvalue weighted by Gasteiger charge is 2.28. The summed E-state index contributed by atoms with van der Waals surface area (Å²) in [5.41, 5.74) is 3.62. The molecule has 9 nitrogen and oxygen atoms in total. The van der Waals surface area contributed by atoms with Gasteiger partial charge in [0.15, 0.2) is 0 Å². The molecule has 0 N–H and O–H groups in total. The molecule has 1 amide bonds. The molecule has 0 aliphatic carbocycles.